The second-order valence-electron chi connectivity index (χ2n) is 5.28. The van der Waals surface area contributed by atoms with Gasteiger partial charge in [-0.25, -0.2) is 0 Å². The first-order valence-corrected chi connectivity index (χ1v) is 6.67. The highest BCUT2D eigenvalue weighted by Crippen LogP contribution is 2.19. The first kappa shape index (κ1) is 14.2. The van der Waals surface area contributed by atoms with E-state index in [0.717, 1.165) is 11.3 Å². The fourth-order valence-electron chi connectivity index (χ4n) is 2.14. The number of carbonyl (C=O) groups excluding carboxylic acids is 1. The van der Waals surface area contributed by atoms with Crippen LogP contribution in [-0.2, 0) is 13.6 Å². The molecule has 0 atom stereocenters. The standard InChI is InChI=1S/C15H20N4O/c1-11(2)14-13(10-19(4)17-14)15(20)18(3)9-12-6-5-7-16-8-12/h5-8,10-11H,9H2,1-4H3. The first-order valence-electron chi connectivity index (χ1n) is 6.67. The highest BCUT2D eigenvalue weighted by atomic mass is 16.2. The third-order valence-electron chi connectivity index (χ3n) is 3.12. The molecule has 0 saturated carbocycles. The van der Waals surface area contributed by atoms with Gasteiger partial charge in [0.1, 0.15) is 0 Å². The normalized spacial score (nSPS) is 10.8. The van der Waals surface area contributed by atoms with E-state index in [9.17, 15) is 4.79 Å². The zero-order chi connectivity index (χ0) is 14.7. The summed E-state index contributed by atoms with van der Waals surface area (Å²) >= 11 is 0. The van der Waals surface area contributed by atoms with Gasteiger partial charge in [0.15, 0.2) is 0 Å². The molecule has 2 aromatic heterocycles. The zero-order valence-electron chi connectivity index (χ0n) is 12.4. The summed E-state index contributed by atoms with van der Waals surface area (Å²) in [7, 11) is 3.64. The Morgan fingerprint density at radius 1 is 1.45 bits per heavy atom. The molecule has 0 fully saturated rings. The maximum atomic E-state index is 12.5. The summed E-state index contributed by atoms with van der Waals surface area (Å²) in [5.74, 6) is 0.215. The van der Waals surface area contributed by atoms with Crippen LogP contribution in [0.3, 0.4) is 0 Å². The Morgan fingerprint density at radius 2 is 2.20 bits per heavy atom. The van der Waals surface area contributed by atoms with E-state index in [2.05, 4.69) is 10.1 Å². The summed E-state index contributed by atoms with van der Waals surface area (Å²) in [6.07, 6.45) is 5.29. The molecule has 0 unspecified atom stereocenters. The van der Waals surface area contributed by atoms with E-state index in [1.165, 1.54) is 0 Å². The highest BCUT2D eigenvalue weighted by molar-refractivity contribution is 5.95. The molecule has 0 aliphatic carbocycles. The molecular weight excluding hydrogens is 252 g/mol. The molecule has 1 amide bonds. The van der Waals surface area contributed by atoms with E-state index in [4.69, 9.17) is 0 Å². The maximum absolute atomic E-state index is 12.5. The minimum Gasteiger partial charge on any atom is -0.337 e. The van der Waals surface area contributed by atoms with Gasteiger partial charge in [0, 0.05) is 39.2 Å². The van der Waals surface area contributed by atoms with Crippen LogP contribution in [-0.4, -0.2) is 32.6 Å². The SMILES string of the molecule is CC(C)c1nn(C)cc1C(=O)N(C)Cc1cccnc1. The van der Waals surface area contributed by atoms with Gasteiger partial charge in [0.25, 0.3) is 5.91 Å². The molecule has 0 radical (unpaired) electrons. The first-order chi connectivity index (χ1) is 9.49. The molecular formula is C15H20N4O. The Labute approximate surface area is 119 Å². The van der Waals surface area contributed by atoms with Crippen molar-refractivity contribution < 1.29 is 4.79 Å². The molecule has 0 N–H and O–H groups in total. The molecule has 2 aromatic rings. The van der Waals surface area contributed by atoms with E-state index in [0.29, 0.717) is 12.1 Å². The lowest BCUT2D eigenvalue weighted by molar-refractivity contribution is 0.0783. The summed E-state index contributed by atoms with van der Waals surface area (Å²) in [4.78, 5) is 18.3. The number of amides is 1. The molecule has 0 aliphatic heterocycles. The van der Waals surface area contributed by atoms with Gasteiger partial charge in [-0.15, -0.1) is 0 Å². The van der Waals surface area contributed by atoms with Gasteiger partial charge >= 0.3 is 0 Å². The van der Waals surface area contributed by atoms with Crippen molar-refractivity contribution in [3.63, 3.8) is 0 Å². The predicted molar refractivity (Wildman–Crippen MR) is 77.3 cm³/mol. The largest absolute Gasteiger partial charge is 0.337 e. The lowest BCUT2D eigenvalue weighted by Crippen LogP contribution is -2.27. The van der Waals surface area contributed by atoms with Crippen molar-refractivity contribution in [1.82, 2.24) is 19.7 Å². The second-order valence-corrected chi connectivity index (χ2v) is 5.28. The highest BCUT2D eigenvalue weighted by Gasteiger charge is 2.21. The van der Waals surface area contributed by atoms with Gasteiger partial charge in [-0.05, 0) is 17.5 Å². The third kappa shape index (κ3) is 3.04. The van der Waals surface area contributed by atoms with Crippen molar-refractivity contribution in [1.29, 1.82) is 0 Å². The van der Waals surface area contributed by atoms with Gasteiger partial charge in [-0.2, -0.15) is 5.10 Å². The topological polar surface area (TPSA) is 51.0 Å². The molecule has 2 rings (SSSR count). The minimum absolute atomic E-state index is 0.00865. The summed E-state index contributed by atoms with van der Waals surface area (Å²) in [6.45, 7) is 4.62. The fourth-order valence-corrected chi connectivity index (χ4v) is 2.14. The van der Waals surface area contributed by atoms with Gasteiger partial charge in [-0.1, -0.05) is 19.9 Å². The molecule has 0 aliphatic rings. The van der Waals surface area contributed by atoms with Crippen molar-refractivity contribution in [2.24, 2.45) is 7.05 Å². The van der Waals surface area contributed by atoms with Gasteiger partial charge in [0.2, 0.25) is 0 Å². The maximum Gasteiger partial charge on any atom is 0.257 e. The van der Waals surface area contributed by atoms with Crippen molar-refractivity contribution in [2.75, 3.05) is 7.05 Å². The van der Waals surface area contributed by atoms with Crippen LogP contribution in [0.15, 0.2) is 30.7 Å². The summed E-state index contributed by atoms with van der Waals surface area (Å²) in [6, 6.07) is 3.83. The Balaban J connectivity index is 2.19. The quantitative estimate of drug-likeness (QED) is 0.857. The molecule has 0 bridgehead atoms. The molecule has 106 valence electrons. The summed E-state index contributed by atoms with van der Waals surface area (Å²) < 4.78 is 1.69. The molecule has 0 aromatic carbocycles. The number of hydrogen-bond donors (Lipinski definition) is 0. The van der Waals surface area contributed by atoms with Crippen LogP contribution in [0.25, 0.3) is 0 Å². The monoisotopic (exact) mass is 272 g/mol. The van der Waals surface area contributed by atoms with Crippen LogP contribution in [0.1, 0.15) is 41.4 Å². The molecule has 0 saturated heterocycles. The Kier molecular flexibility index (Phi) is 4.17. The van der Waals surface area contributed by atoms with Crippen molar-refractivity contribution in [2.45, 2.75) is 26.3 Å². The Bertz CT molecular complexity index is 589. The van der Waals surface area contributed by atoms with Crippen LogP contribution in [0.5, 0.6) is 0 Å². The summed E-state index contributed by atoms with van der Waals surface area (Å²) in [5, 5.41) is 4.38. The minimum atomic E-state index is -0.00865. The molecule has 5 nitrogen and oxygen atoms in total. The van der Waals surface area contributed by atoms with E-state index in [1.54, 1.807) is 35.2 Å². The van der Waals surface area contributed by atoms with Gasteiger partial charge in [-0.3, -0.25) is 14.5 Å². The van der Waals surface area contributed by atoms with E-state index in [1.807, 2.05) is 33.0 Å². The molecule has 5 heteroatoms. The molecule has 2 heterocycles. The van der Waals surface area contributed by atoms with Crippen LogP contribution in [0.2, 0.25) is 0 Å². The lowest BCUT2D eigenvalue weighted by Gasteiger charge is -2.17. The fraction of sp³-hybridized carbons (Fsp3) is 0.400. The van der Waals surface area contributed by atoms with Gasteiger partial charge in [0.05, 0.1) is 11.3 Å². The van der Waals surface area contributed by atoms with Crippen molar-refractivity contribution in [3.8, 4) is 0 Å². The number of pyridine rings is 1. The number of aryl methyl sites for hydroxylation is 1. The zero-order valence-corrected chi connectivity index (χ0v) is 12.4. The number of carbonyl (C=O) groups is 1. The van der Waals surface area contributed by atoms with E-state index in [-0.39, 0.29) is 11.8 Å². The average Bonchev–Trinajstić information content (AvgIpc) is 2.81. The molecule has 0 spiro atoms. The lowest BCUT2D eigenvalue weighted by atomic mass is 10.1. The molecule has 20 heavy (non-hydrogen) atoms. The van der Waals surface area contributed by atoms with E-state index >= 15 is 0 Å². The number of rotatable bonds is 4. The number of aromatic nitrogens is 3. The average molecular weight is 272 g/mol. The Morgan fingerprint density at radius 3 is 2.80 bits per heavy atom. The Hall–Kier alpha value is -2.17. The third-order valence-corrected chi connectivity index (χ3v) is 3.12. The second kappa shape index (κ2) is 5.86. The predicted octanol–water partition coefficient (Wildman–Crippen LogP) is 2.21. The van der Waals surface area contributed by atoms with Crippen LogP contribution >= 0.6 is 0 Å². The van der Waals surface area contributed by atoms with Crippen LogP contribution < -0.4 is 0 Å². The smallest absolute Gasteiger partial charge is 0.257 e. The summed E-state index contributed by atoms with van der Waals surface area (Å²) in [5.41, 5.74) is 2.53. The van der Waals surface area contributed by atoms with Crippen molar-refractivity contribution >= 4 is 5.91 Å². The van der Waals surface area contributed by atoms with E-state index < -0.39 is 0 Å². The van der Waals surface area contributed by atoms with Crippen LogP contribution in [0.4, 0.5) is 0 Å². The number of nitrogens with zero attached hydrogens (tertiary/aromatic N) is 4. The van der Waals surface area contributed by atoms with Crippen LogP contribution in [0, 0.1) is 0 Å². The van der Waals surface area contributed by atoms with Crippen molar-refractivity contribution in [3.05, 3.63) is 47.5 Å². The van der Waals surface area contributed by atoms with Gasteiger partial charge < -0.3 is 4.90 Å². The number of hydrogen-bond acceptors (Lipinski definition) is 3.